The maximum atomic E-state index is 12.6. The molecule has 1 aromatic rings. The highest BCUT2D eigenvalue weighted by Crippen LogP contribution is 2.31. The zero-order valence-corrected chi connectivity index (χ0v) is 13.6. The van der Waals surface area contributed by atoms with Gasteiger partial charge in [-0.25, -0.2) is 0 Å². The van der Waals surface area contributed by atoms with E-state index in [4.69, 9.17) is 9.47 Å². The van der Waals surface area contributed by atoms with Gasteiger partial charge in [-0.3, -0.25) is 4.79 Å². The molecule has 0 aromatic heterocycles. The van der Waals surface area contributed by atoms with E-state index in [1.54, 1.807) is 0 Å². The summed E-state index contributed by atoms with van der Waals surface area (Å²) in [5.74, 6) is -0.557. The number of carbonyl (C=O) groups is 1. The lowest BCUT2D eigenvalue weighted by Crippen LogP contribution is -2.30. The van der Waals surface area contributed by atoms with Crippen molar-refractivity contribution in [2.45, 2.75) is 19.7 Å². The summed E-state index contributed by atoms with van der Waals surface area (Å²) in [7, 11) is 1.38. The lowest BCUT2D eigenvalue weighted by atomic mass is 10.1. The van der Waals surface area contributed by atoms with Gasteiger partial charge < -0.3 is 19.1 Å². The van der Waals surface area contributed by atoms with Gasteiger partial charge >= 0.3 is 6.36 Å². The van der Waals surface area contributed by atoms with E-state index in [2.05, 4.69) is 4.74 Å². The Hall–Kier alpha value is -1.96. The fraction of sp³-hybridized carbons (Fsp3) is 0.562. The van der Waals surface area contributed by atoms with Gasteiger partial charge in [0.25, 0.3) is 5.91 Å². The lowest BCUT2D eigenvalue weighted by molar-refractivity contribution is -0.274. The Morgan fingerprint density at radius 3 is 2.75 bits per heavy atom. The molecule has 2 rings (SSSR count). The van der Waals surface area contributed by atoms with Gasteiger partial charge in [0.2, 0.25) is 0 Å². The molecule has 134 valence electrons. The second-order valence-corrected chi connectivity index (χ2v) is 5.48. The van der Waals surface area contributed by atoms with Crippen LogP contribution in [0.2, 0.25) is 0 Å². The molecule has 1 amide bonds. The number of nitrogens with zero attached hydrogens (tertiary/aromatic N) is 1. The number of benzene rings is 1. The molecule has 1 fully saturated rings. The molecule has 8 heteroatoms. The summed E-state index contributed by atoms with van der Waals surface area (Å²) >= 11 is 0. The second kappa shape index (κ2) is 7.74. The smallest absolute Gasteiger partial charge is 0.497 e. The SMILES string of the molecule is CCOCC1CCN(C(=O)c2cc(OC)ccc2OC(F)(F)F)C1. The van der Waals surface area contributed by atoms with Gasteiger partial charge in [0, 0.05) is 25.6 Å². The maximum Gasteiger partial charge on any atom is 0.573 e. The van der Waals surface area contributed by atoms with Gasteiger partial charge in [-0.2, -0.15) is 0 Å². The number of hydrogen-bond acceptors (Lipinski definition) is 4. The molecule has 1 aromatic carbocycles. The third-order valence-electron chi connectivity index (χ3n) is 3.77. The van der Waals surface area contributed by atoms with Crippen LogP contribution in [0, 0.1) is 5.92 Å². The van der Waals surface area contributed by atoms with Crippen molar-refractivity contribution in [3.63, 3.8) is 0 Å². The van der Waals surface area contributed by atoms with Crippen LogP contribution < -0.4 is 9.47 Å². The Balaban J connectivity index is 2.18. The van der Waals surface area contributed by atoms with Gasteiger partial charge in [0.05, 0.1) is 19.3 Å². The van der Waals surface area contributed by atoms with E-state index in [0.29, 0.717) is 26.3 Å². The van der Waals surface area contributed by atoms with Crippen molar-refractivity contribution in [1.29, 1.82) is 0 Å². The number of halogens is 3. The van der Waals surface area contributed by atoms with Gasteiger partial charge in [0.1, 0.15) is 11.5 Å². The van der Waals surface area contributed by atoms with E-state index in [1.165, 1.54) is 24.1 Å². The zero-order chi connectivity index (χ0) is 17.7. The minimum Gasteiger partial charge on any atom is -0.497 e. The Morgan fingerprint density at radius 2 is 2.12 bits per heavy atom. The first-order valence-electron chi connectivity index (χ1n) is 7.64. The van der Waals surface area contributed by atoms with Crippen LogP contribution in [0.4, 0.5) is 13.2 Å². The quantitative estimate of drug-likeness (QED) is 0.793. The van der Waals surface area contributed by atoms with Crippen LogP contribution in [-0.2, 0) is 4.74 Å². The highest BCUT2D eigenvalue weighted by atomic mass is 19.4. The predicted octanol–water partition coefficient (Wildman–Crippen LogP) is 3.09. The highest BCUT2D eigenvalue weighted by molar-refractivity contribution is 5.97. The van der Waals surface area contributed by atoms with E-state index in [0.717, 1.165) is 12.5 Å². The van der Waals surface area contributed by atoms with Gasteiger partial charge in [-0.15, -0.1) is 13.2 Å². The molecule has 0 bridgehead atoms. The lowest BCUT2D eigenvalue weighted by Gasteiger charge is -2.20. The van der Waals surface area contributed by atoms with Crippen molar-refractivity contribution in [3.8, 4) is 11.5 Å². The minimum atomic E-state index is -4.87. The summed E-state index contributed by atoms with van der Waals surface area (Å²) in [5.41, 5.74) is -0.163. The van der Waals surface area contributed by atoms with Gasteiger partial charge in [-0.1, -0.05) is 0 Å². The number of likely N-dealkylation sites (tertiary alicyclic amines) is 1. The molecule has 0 saturated carbocycles. The number of carbonyl (C=O) groups excluding carboxylic acids is 1. The van der Waals surface area contributed by atoms with Crippen LogP contribution in [-0.4, -0.2) is 50.6 Å². The summed E-state index contributed by atoms with van der Waals surface area (Å²) in [5, 5.41) is 0. The highest BCUT2D eigenvalue weighted by Gasteiger charge is 2.35. The largest absolute Gasteiger partial charge is 0.573 e. The van der Waals surface area contributed by atoms with E-state index in [-0.39, 0.29) is 17.2 Å². The number of ether oxygens (including phenoxy) is 3. The molecule has 0 radical (unpaired) electrons. The van der Waals surface area contributed by atoms with Crippen LogP contribution in [0.3, 0.4) is 0 Å². The first-order valence-corrected chi connectivity index (χ1v) is 7.64. The van der Waals surface area contributed by atoms with E-state index >= 15 is 0 Å². The zero-order valence-electron chi connectivity index (χ0n) is 13.6. The van der Waals surface area contributed by atoms with Gasteiger partial charge in [-0.05, 0) is 31.5 Å². The summed E-state index contributed by atoms with van der Waals surface area (Å²) in [6.07, 6.45) is -4.11. The maximum absolute atomic E-state index is 12.6. The average molecular weight is 347 g/mol. The molecular formula is C16H20F3NO4. The number of alkyl halides is 3. The second-order valence-electron chi connectivity index (χ2n) is 5.48. The minimum absolute atomic E-state index is 0.163. The van der Waals surface area contributed by atoms with E-state index in [1.807, 2.05) is 6.92 Å². The van der Waals surface area contributed by atoms with Crippen LogP contribution in [0.25, 0.3) is 0 Å². The molecule has 1 atom stereocenters. The Morgan fingerprint density at radius 1 is 1.38 bits per heavy atom. The third kappa shape index (κ3) is 4.77. The predicted molar refractivity (Wildman–Crippen MR) is 80.2 cm³/mol. The van der Waals surface area contributed by atoms with Crippen molar-refractivity contribution >= 4 is 5.91 Å². The molecule has 1 unspecified atom stereocenters. The Labute approximate surface area is 138 Å². The average Bonchev–Trinajstić information content (AvgIpc) is 3.00. The normalized spacial score (nSPS) is 17.9. The fourth-order valence-corrected chi connectivity index (χ4v) is 2.62. The van der Waals surface area contributed by atoms with Crippen LogP contribution in [0.5, 0.6) is 11.5 Å². The topological polar surface area (TPSA) is 48.0 Å². The summed E-state index contributed by atoms with van der Waals surface area (Å²) in [6, 6.07) is 3.67. The summed E-state index contributed by atoms with van der Waals surface area (Å²) < 4.78 is 52.0. The number of hydrogen-bond donors (Lipinski definition) is 0. The molecule has 5 nitrogen and oxygen atoms in total. The van der Waals surface area contributed by atoms with Crippen molar-refractivity contribution in [2.75, 3.05) is 33.4 Å². The summed E-state index contributed by atoms with van der Waals surface area (Å²) in [4.78, 5) is 14.1. The Bertz CT molecular complexity index is 577. The molecule has 1 saturated heterocycles. The molecule has 1 aliphatic rings. The van der Waals surface area contributed by atoms with Crippen molar-refractivity contribution in [1.82, 2.24) is 4.90 Å². The third-order valence-corrected chi connectivity index (χ3v) is 3.77. The molecule has 1 heterocycles. The Kier molecular flexibility index (Phi) is 5.93. The van der Waals surface area contributed by atoms with E-state index < -0.39 is 18.0 Å². The van der Waals surface area contributed by atoms with Crippen LogP contribution in [0.15, 0.2) is 18.2 Å². The van der Waals surface area contributed by atoms with Crippen molar-refractivity contribution in [3.05, 3.63) is 23.8 Å². The first-order chi connectivity index (χ1) is 11.3. The van der Waals surface area contributed by atoms with Gasteiger partial charge in [0.15, 0.2) is 0 Å². The molecule has 24 heavy (non-hydrogen) atoms. The molecular weight excluding hydrogens is 327 g/mol. The standard InChI is InChI=1S/C16H20F3NO4/c1-3-23-10-11-6-7-20(9-11)15(21)13-8-12(22-2)4-5-14(13)24-16(17,18)19/h4-5,8,11H,3,6-7,9-10H2,1-2H3. The fourth-order valence-electron chi connectivity index (χ4n) is 2.62. The summed E-state index contributed by atoms with van der Waals surface area (Å²) in [6.45, 7) is 3.92. The first kappa shape index (κ1) is 18.4. The monoisotopic (exact) mass is 347 g/mol. The molecule has 1 aliphatic heterocycles. The van der Waals surface area contributed by atoms with E-state index in [9.17, 15) is 18.0 Å². The van der Waals surface area contributed by atoms with Crippen LogP contribution in [0.1, 0.15) is 23.7 Å². The number of amides is 1. The molecule has 0 aliphatic carbocycles. The molecule has 0 N–H and O–H groups in total. The molecule has 0 spiro atoms. The number of methoxy groups -OCH3 is 1. The van der Waals surface area contributed by atoms with Crippen molar-refractivity contribution in [2.24, 2.45) is 5.92 Å². The van der Waals surface area contributed by atoms with Crippen LogP contribution >= 0.6 is 0 Å². The van der Waals surface area contributed by atoms with Crippen molar-refractivity contribution < 1.29 is 32.2 Å². The number of rotatable bonds is 6.